The third-order valence-corrected chi connectivity index (χ3v) is 4.23. The summed E-state index contributed by atoms with van der Waals surface area (Å²) in [5.41, 5.74) is -0.466. The molecule has 0 spiro atoms. The van der Waals surface area contributed by atoms with Gasteiger partial charge in [-0.05, 0) is 31.7 Å². The van der Waals surface area contributed by atoms with Gasteiger partial charge in [0.1, 0.15) is 11.6 Å². The lowest BCUT2D eigenvalue weighted by Gasteiger charge is -2.37. The molecule has 6 nitrogen and oxygen atoms in total. The first-order valence-corrected chi connectivity index (χ1v) is 7.24. The van der Waals surface area contributed by atoms with Crippen molar-refractivity contribution in [2.45, 2.75) is 44.7 Å². The molecule has 22 heavy (non-hydrogen) atoms. The van der Waals surface area contributed by atoms with Crippen LogP contribution in [0.4, 0.5) is 4.79 Å². The quantitative estimate of drug-likeness (QED) is 0.643. The van der Waals surface area contributed by atoms with Crippen LogP contribution in [0.15, 0.2) is 30.3 Å². The van der Waals surface area contributed by atoms with Crippen LogP contribution >= 0.6 is 0 Å². The lowest BCUT2D eigenvalue weighted by molar-refractivity contribution is -0.151. The summed E-state index contributed by atoms with van der Waals surface area (Å²) in [4.78, 5) is 36.5. The number of hydrogen-bond acceptors (Lipinski definition) is 4. The van der Waals surface area contributed by atoms with Crippen LogP contribution in [0.5, 0.6) is 0 Å². The van der Waals surface area contributed by atoms with Crippen molar-refractivity contribution in [3.8, 4) is 0 Å². The molecule has 2 atom stereocenters. The zero-order valence-corrected chi connectivity index (χ0v) is 12.6. The average molecular weight is 305 g/mol. The van der Waals surface area contributed by atoms with Gasteiger partial charge in [0, 0.05) is 0 Å². The van der Waals surface area contributed by atoms with Gasteiger partial charge in [-0.3, -0.25) is 4.90 Å². The smallest absolute Gasteiger partial charge is 0.419 e. The number of hydrogen-bond donors (Lipinski definition) is 1. The van der Waals surface area contributed by atoms with Gasteiger partial charge in [-0.2, -0.15) is 0 Å². The molecule has 0 aliphatic carbocycles. The number of carboxylic acid groups (broad SMARTS) is 1. The second-order valence-electron chi connectivity index (χ2n) is 5.41. The van der Waals surface area contributed by atoms with Crippen molar-refractivity contribution >= 4 is 18.0 Å². The molecule has 1 aromatic carbocycles. The third-order valence-electron chi connectivity index (χ3n) is 4.23. The van der Waals surface area contributed by atoms with Gasteiger partial charge in [-0.1, -0.05) is 37.3 Å². The largest absolute Gasteiger partial charge is 0.479 e. The Hall–Kier alpha value is -2.37. The van der Waals surface area contributed by atoms with Gasteiger partial charge in [0.2, 0.25) is 0 Å². The Bertz CT molecular complexity index is 585. The summed E-state index contributed by atoms with van der Waals surface area (Å²) in [5.74, 6) is -1.83. The van der Waals surface area contributed by atoms with E-state index in [4.69, 9.17) is 0 Å². The number of cyclic esters (lactones) is 2. The van der Waals surface area contributed by atoms with Gasteiger partial charge in [-0.25, -0.2) is 14.4 Å². The maximum absolute atomic E-state index is 11.9. The second-order valence-corrected chi connectivity index (χ2v) is 5.41. The molecule has 1 heterocycles. The van der Waals surface area contributed by atoms with Crippen LogP contribution in [0.2, 0.25) is 0 Å². The molecule has 0 saturated carbocycles. The van der Waals surface area contributed by atoms with Crippen molar-refractivity contribution < 1.29 is 24.2 Å². The molecule has 1 aliphatic heterocycles. The van der Waals surface area contributed by atoms with E-state index in [1.807, 2.05) is 30.3 Å². The molecule has 2 rings (SSSR count). The van der Waals surface area contributed by atoms with E-state index in [0.29, 0.717) is 6.42 Å². The van der Waals surface area contributed by atoms with Gasteiger partial charge in [-0.15, -0.1) is 0 Å². The predicted molar refractivity (Wildman–Crippen MR) is 78.2 cm³/mol. The van der Waals surface area contributed by atoms with Crippen molar-refractivity contribution in [3.05, 3.63) is 35.9 Å². The van der Waals surface area contributed by atoms with E-state index in [-0.39, 0.29) is 12.8 Å². The summed E-state index contributed by atoms with van der Waals surface area (Å²) < 4.78 is 4.58. The van der Waals surface area contributed by atoms with Gasteiger partial charge >= 0.3 is 18.0 Å². The normalized spacial score (nSPS) is 20.6. The molecule has 6 heteroatoms. The lowest BCUT2D eigenvalue weighted by Crippen LogP contribution is -2.58. The van der Waals surface area contributed by atoms with Crippen molar-refractivity contribution in [2.75, 3.05) is 0 Å². The van der Waals surface area contributed by atoms with Crippen molar-refractivity contribution in [2.24, 2.45) is 0 Å². The van der Waals surface area contributed by atoms with Crippen LogP contribution in [0, 0.1) is 0 Å². The summed E-state index contributed by atoms with van der Waals surface area (Å²) in [5, 5.41) is 9.72. The first-order valence-electron chi connectivity index (χ1n) is 7.24. The van der Waals surface area contributed by atoms with E-state index >= 15 is 0 Å². The number of nitrogens with zero attached hydrogens (tertiary/aromatic N) is 1. The fourth-order valence-electron chi connectivity index (χ4n) is 2.85. The number of rotatable bonds is 6. The Morgan fingerprint density at radius 2 is 1.95 bits per heavy atom. The van der Waals surface area contributed by atoms with Gasteiger partial charge in [0.05, 0.1) is 0 Å². The van der Waals surface area contributed by atoms with Crippen molar-refractivity contribution in [1.82, 2.24) is 4.90 Å². The SMILES string of the molecule is CC[C@](CCc1ccccc1)(C(=O)O)N1C(=O)OC(=O)[C@@H]1C. The molecule has 1 saturated heterocycles. The predicted octanol–water partition coefficient (Wildman–Crippen LogP) is 2.22. The monoisotopic (exact) mass is 305 g/mol. The highest BCUT2D eigenvalue weighted by atomic mass is 16.6. The minimum atomic E-state index is -1.45. The number of carbonyl (C=O) groups is 3. The van der Waals surface area contributed by atoms with Crippen LogP contribution in [0.25, 0.3) is 0 Å². The molecule has 0 unspecified atom stereocenters. The fourth-order valence-corrected chi connectivity index (χ4v) is 2.85. The highest BCUT2D eigenvalue weighted by Crippen LogP contribution is 2.32. The first-order chi connectivity index (χ1) is 10.4. The van der Waals surface area contributed by atoms with Crippen LogP contribution in [-0.2, 0) is 20.7 Å². The summed E-state index contributed by atoms with van der Waals surface area (Å²) in [7, 11) is 0. The summed E-state index contributed by atoms with van der Waals surface area (Å²) >= 11 is 0. The number of amides is 1. The Labute approximate surface area is 128 Å². The lowest BCUT2D eigenvalue weighted by atomic mass is 9.86. The number of esters is 1. The van der Waals surface area contributed by atoms with Gasteiger partial charge in [0.25, 0.3) is 0 Å². The van der Waals surface area contributed by atoms with E-state index < -0.39 is 29.6 Å². The number of carboxylic acids is 1. The molecule has 1 aliphatic rings. The van der Waals surface area contributed by atoms with Crippen LogP contribution in [0.3, 0.4) is 0 Å². The van der Waals surface area contributed by atoms with Gasteiger partial charge < -0.3 is 9.84 Å². The Balaban J connectivity index is 2.30. The Kier molecular flexibility index (Phi) is 4.49. The molecule has 1 amide bonds. The number of carbonyl (C=O) groups excluding carboxylic acids is 2. The minimum Gasteiger partial charge on any atom is -0.479 e. The molecule has 1 N–H and O–H groups in total. The maximum Gasteiger partial charge on any atom is 0.419 e. The van der Waals surface area contributed by atoms with Gasteiger partial charge in [0.15, 0.2) is 0 Å². The molecular weight excluding hydrogens is 286 g/mol. The van der Waals surface area contributed by atoms with E-state index in [1.54, 1.807) is 6.92 Å². The molecule has 1 aromatic rings. The number of aryl methyl sites for hydroxylation is 1. The molecule has 1 fully saturated rings. The maximum atomic E-state index is 11.9. The van der Waals surface area contributed by atoms with Crippen LogP contribution in [-0.4, -0.2) is 39.6 Å². The number of benzene rings is 1. The highest BCUT2D eigenvalue weighted by Gasteiger charge is 2.53. The Morgan fingerprint density at radius 3 is 2.41 bits per heavy atom. The molecular formula is C16H19NO5. The van der Waals surface area contributed by atoms with Crippen LogP contribution in [0.1, 0.15) is 32.3 Å². The van der Waals surface area contributed by atoms with E-state index in [1.165, 1.54) is 6.92 Å². The summed E-state index contributed by atoms with van der Waals surface area (Å²) in [6, 6.07) is 8.55. The van der Waals surface area contributed by atoms with E-state index in [9.17, 15) is 19.5 Å². The average Bonchev–Trinajstić information content (AvgIpc) is 2.76. The summed E-state index contributed by atoms with van der Waals surface area (Å²) in [6.45, 7) is 3.19. The molecule has 0 radical (unpaired) electrons. The molecule has 0 bridgehead atoms. The van der Waals surface area contributed by atoms with Crippen molar-refractivity contribution in [1.29, 1.82) is 0 Å². The minimum absolute atomic E-state index is 0.196. The number of aliphatic carboxylic acids is 1. The third kappa shape index (κ3) is 2.68. The topological polar surface area (TPSA) is 83.9 Å². The number of ether oxygens (including phenoxy) is 1. The fraction of sp³-hybridized carbons (Fsp3) is 0.438. The van der Waals surface area contributed by atoms with Crippen molar-refractivity contribution in [3.63, 3.8) is 0 Å². The van der Waals surface area contributed by atoms with E-state index in [2.05, 4.69) is 4.74 Å². The standard InChI is InChI=1S/C16H19NO5/c1-3-16(14(19)20,10-9-12-7-5-4-6-8-12)17-11(2)13(18)22-15(17)21/h4-8,11H,3,9-10H2,1-2H3,(H,19,20)/t11-,16-/m0/s1. The molecule has 118 valence electrons. The zero-order chi connectivity index (χ0) is 16.3. The molecule has 0 aromatic heterocycles. The summed E-state index contributed by atoms with van der Waals surface area (Å²) in [6.07, 6.45) is 0.0261. The van der Waals surface area contributed by atoms with Crippen LogP contribution < -0.4 is 0 Å². The highest BCUT2D eigenvalue weighted by molar-refractivity contribution is 5.98. The van der Waals surface area contributed by atoms with E-state index in [0.717, 1.165) is 10.5 Å². The zero-order valence-electron chi connectivity index (χ0n) is 12.6. The second kappa shape index (κ2) is 6.17. The first kappa shape index (κ1) is 16.0. The Morgan fingerprint density at radius 1 is 1.32 bits per heavy atom.